The minimum absolute atomic E-state index is 0.303. The number of fused-ring (bicyclic) bond motifs is 1. The minimum Gasteiger partial charge on any atom is -0.436 e. The van der Waals surface area contributed by atoms with Crippen LogP contribution in [0.2, 0.25) is 8.67 Å². The number of amides is 1. The number of thiophene rings is 1. The highest BCUT2D eigenvalue weighted by Gasteiger charge is 2.14. The Labute approximate surface area is 157 Å². The number of hydrogen-bond acceptors (Lipinski definition) is 4. The molecule has 4 rings (SSSR count). The van der Waals surface area contributed by atoms with E-state index in [0.29, 0.717) is 25.8 Å². The van der Waals surface area contributed by atoms with Crippen molar-refractivity contribution < 1.29 is 9.21 Å². The summed E-state index contributed by atoms with van der Waals surface area (Å²) in [5.74, 6) is 0.231. The fourth-order valence-corrected chi connectivity index (χ4v) is 3.84. The van der Waals surface area contributed by atoms with Crippen molar-refractivity contribution in [1.29, 1.82) is 0 Å². The van der Waals surface area contributed by atoms with Gasteiger partial charge in [-0.05, 0) is 42.5 Å². The summed E-state index contributed by atoms with van der Waals surface area (Å²) in [6, 6.07) is 16.4. The lowest BCUT2D eigenvalue weighted by Gasteiger charge is -2.04. The molecule has 124 valence electrons. The summed E-state index contributed by atoms with van der Waals surface area (Å²) in [4.78, 5) is 16.7. The van der Waals surface area contributed by atoms with Crippen molar-refractivity contribution in [3.8, 4) is 11.5 Å². The topological polar surface area (TPSA) is 55.1 Å². The van der Waals surface area contributed by atoms with Gasteiger partial charge in [-0.25, -0.2) is 4.98 Å². The van der Waals surface area contributed by atoms with Crippen LogP contribution in [0.3, 0.4) is 0 Å². The molecule has 0 saturated heterocycles. The van der Waals surface area contributed by atoms with Crippen LogP contribution < -0.4 is 5.32 Å². The number of aromatic nitrogens is 1. The van der Waals surface area contributed by atoms with E-state index in [9.17, 15) is 4.79 Å². The molecule has 0 atom stereocenters. The summed E-state index contributed by atoms with van der Waals surface area (Å²) in [7, 11) is 0. The van der Waals surface area contributed by atoms with Crippen LogP contribution in [0, 0.1) is 0 Å². The molecule has 0 radical (unpaired) electrons. The molecule has 0 aliphatic rings. The quantitative estimate of drug-likeness (QED) is 0.460. The van der Waals surface area contributed by atoms with Gasteiger partial charge in [0.2, 0.25) is 5.89 Å². The molecule has 0 fully saturated rings. The molecule has 0 saturated carbocycles. The summed E-state index contributed by atoms with van der Waals surface area (Å²) in [6.07, 6.45) is 0. The van der Waals surface area contributed by atoms with Crippen LogP contribution in [0.1, 0.15) is 10.4 Å². The summed E-state index contributed by atoms with van der Waals surface area (Å²) >= 11 is 13.0. The van der Waals surface area contributed by atoms with Crippen molar-refractivity contribution in [2.75, 3.05) is 5.32 Å². The van der Waals surface area contributed by atoms with Crippen LogP contribution >= 0.6 is 34.5 Å². The first-order valence-corrected chi connectivity index (χ1v) is 8.89. The van der Waals surface area contributed by atoms with Crippen molar-refractivity contribution in [2.24, 2.45) is 0 Å². The van der Waals surface area contributed by atoms with E-state index in [2.05, 4.69) is 10.3 Å². The second kappa shape index (κ2) is 6.52. The first-order valence-electron chi connectivity index (χ1n) is 7.32. The molecule has 1 amide bonds. The zero-order valence-corrected chi connectivity index (χ0v) is 15.0. The first kappa shape index (κ1) is 16.1. The van der Waals surface area contributed by atoms with Gasteiger partial charge in [-0.15, -0.1) is 11.3 Å². The first-order chi connectivity index (χ1) is 12.1. The number of halogens is 2. The Morgan fingerprint density at radius 2 is 1.84 bits per heavy atom. The van der Waals surface area contributed by atoms with Gasteiger partial charge in [0.25, 0.3) is 5.91 Å². The standard InChI is InChI=1S/C18H10Cl2N2O2S/c19-15-9-12(16(20)25-15)17(23)21-11-7-5-10(6-8-11)18-22-13-3-1-2-4-14(13)24-18/h1-9H,(H,21,23). The lowest BCUT2D eigenvalue weighted by atomic mass is 10.2. The number of nitrogens with zero attached hydrogens (tertiary/aromatic N) is 1. The summed E-state index contributed by atoms with van der Waals surface area (Å²) in [6.45, 7) is 0. The molecule has 4 nitrogen and oxygen atoms in total. The maximum Gasteiger partial charge on any atom is 0.258 e. The number of nitrogens with one attached hydrogen (secondary N) is 1. The Morgan fingerprint density at radius 3 is 2.52 bits per heavy atom. The summed E-state index contributed by atoms with van der Waals surface area (Å²) in [5, 5.41) is 2.79. The largest absolute Gasteiger partial charge is 0.436 e. The second-order valence-electron chi connectivity index (χ2n) is 5.26. The van der Waals surface area contributed by atoms with Crippen LogP contribution in [-0.4, -0.2) is 10.9 Å². The third kappa shape index (κ3) is 3.26. The van der Waals surface area contributed by atoms with Crippen LogP contribution in [0.5, 0.6) is 0 Å². The van der Waals surface area contributed by atoms with Crippen molar-refractivity contribution in [3.63, 3.8) is 0 Å². The molecule has 2 aromatic heterocycles. The zero-order valence-electron chi connectivity index (χ0n) is 12.6. The highest BCUT2D eigenvalue weighted by molar-refractivity contribution is 7.20. The van der Waals surface area contributed by atoms with Gasteiger partial charge in [-0.2, -0.15) is 0 Å². The Hall–Kier alpha value is -2.34. The van der Waals surface area contributed by atoms with E-state index in [-0.39, 0.29) is 5.91 Å². The minimum atomic E-state index is -0.303. The van der Waals surface area contributed by atoms with E-state index in [1.54, 1.807) is 18.2 Å². The average Bonchev–Trinajstić information content (AvgIpc) is 3.18. The molecule has 0 spiro atoms. The monoisotopic (exact) mass is 388 g/mol. The number of carbonyl (C=O) groups is 1. The van der Waals surface area contributed by atoms with Gasteiger partial charge in [0, 0.05) is 11.3 Å². The lowest BCUT2D eigenvalue weighted by Crippen LogP contribution is -2.11. The van der Waals surface area contributed by atoms with E-state index in [1.807, 2.05) is 36.4 Å². The Balaban J connectivity index is 1.55. The number of hydrogen-bond donors (Lipinski definition) is 1. The lowest BCUT2D eigenvalue weighted by molar-refractivity contribution is 0.102. The van der Waals surface area contributed by atoms with Crippen molar-refractivity contribution in [3.05, 3.63) is 68.8 Å². The Bertz CT molecular complexity index is 1040. The Kier molecular flexibility index (Phi) is 4.21. The molecular formula is C18H10Cl2N2O2S. The third-order valence-electron chi connectivity index (χ3n) is 3.58. The van der Waals surface area contributed by atoms with E-state index >= 15 is 0 Å². The van der Waals surface area contributed by atoms with Gasteiger partial charge < -0.3 is 9.73 Å². The molecular weight excluding hydrogens is 379 g/mol. The molecule has 0 aliphatic heterocycles. The molecule has 2 aromatic carbocycles. The van der Waals surface area contributed by atoms with E-state index in [1.165, 1.54) is 0 Å². The van der Waals surface area contributed by atoms with Crippen molar-refractivity contribution in [1.82, 2.24) is 4.98 Å². The van der Waals surface area contributed by atoms with E-state index in [0.717, 1.165) is 28.0 Å². The van der Waals surface area contributed by atoms with Gasteiger partial charge in [-0.1, -0.05) is 35.3 Å². The maximum atomic E-state index is 12.2. The number of carbonyl (C=O) groups excluding carboxylic acids is 1. The maximum absolute atomic E-state index is 12.2. The molecule has 0 unspecified atom stereocenters. The fraction of sp³-hybridized carbons (Fsp3) is 0. The molecule has 7 heteroatoms. The second-order valence-corrected chi connectivity index (χ2v) is 7.54. The van der Waals surface area contributed by atoms with Gasteiger partial charge in [0.1, 0.15) is 9.85 Å². The van der Waals surface area contributed by atoms with Crippen LogP contribution in [0.25, 0.3) is 22.6 Å². The van der Waals surface area contributed by atoms with Gasteiger partial charge >= 0.3 is 0 Å². The molecule has 2 heterocycles. The smallest absolute Gasteiger partial charge is 0.258 e. The third-order valence-corrected chi connectivity index (χ3v) is 5.07. The Morgan fingerprint density at radius 1 is 1.08 bits per heavy atom. The normalized spacial score (nSPS) is 11.0. The summed E-state index contributed by atoms with van der Waals surface area (Å²) < 4.78 is 6.57. The number of para-hydroxylation sites is 2. The molecule has 4 aromatic rings. The van der Waals surface area contributed by atoms with E-state index < -0.39 is 0 Å². The van der Waals surface area contributed by atoms with Gasteiger partial charge in [0.05, 0.1) is 9.90 Å². The molecule has 0 aliphatic carbocycles. The molecule has 25 heavy (non-hydrogen) atoms. The van der Waals surface area contributed by atoms with Gasteiger partial charge in [0.15, 0.2) is 5.58 Å². The highest BCUT2D eigenvalue weighted by Crippen LogP contribution is 2.32. The number of rotatable bonds is 3. The van der Waals surface area contributed by atoms with Crippen molar-refractivity contribution >= 4 is 57.2 Å². The zero-order chi connectivity index (χ0) is 17.4. The molecule has 0 bridgehead atoms. The number of benzene rings is 2. The number of oxazole rings is 1. The molecule has 1 N–H and O–H groups in total. The van der Waals surface area contributed by atoms with Crippen LogP contribution in [0.4, 0.5) is 5.69 Å². The predicted molar refractivity (Wildman–Crippen MR) is 102 cm³/mol. The van der Waals surface area contributed by atoms with Crippen LogP contribution in [0.15, 0.2) is 59.0 Å². The van der Waals surface area contributed by atoms with Gasteiger partial charge in [-0.3, -0.25) is 4.79 Å². The average molecular weight is 389 g/mol. The van der Waals surface area contributed by atoms with Crippen LogP contribution in [-0.2, 0) is 0 Å². The van der Waals surface area contributed by atoms with Crippen molar-refractivity contribution in [2.45, 2.75) is 0 Å². The number of anilines is 1. The van der Waals surface area contributed by atoms with E-state index in [4.69, 9.17) is 27.6 Å². The fourth-order valence-electron chi connectivity index (χ4n) is 2.39. The predicted octanol–water partition coefficient (Wildman–Crippen LogP) is 6.12. The summed E-state index contributed by atoms with van der Waals surface area (Å²) in [5.41, 5.74) is 3.37. The SMILES string of the molecule is O=C(Nc1ccc(-c2nc3ccccc3o2)cc1)c1cc(Cl)sc1Cl. The highest BCUT2D eigenvalue weighted by atomic mass is 35.5.